The van der Waals surface area contributed by atoms with Crippen molar-refractivity contribution in [2.75, 3.05) is 47.5 Å². The highest BCUT2D eigenvalue weighted by Gasteiger charge is 2.45. The minimum atomic E-state index is -0.691. The van der Waals surface area contributed by atoms with E-state index in [1.807, 2.05) is 30.1 Å². The minimum Gasteiger partial charge on any atom is -0.497 e. The van der Waals surface area contributed by atoms with E-state index in [1.165, 1.54) is 0 Å². The van der Waals surface area contributed by atoms with Gasteiger partial charge in [0, 0.05) is 44.9 Å². The SMILES string of the molecule is COc1ccc(CN2CCOC3(CCCCN(C)C3=O)C2)c(OC)c1. The number of methoxy groups -OCH3 is 2. The van der Waals surface area contributed by atoms with Crippen LogP contribution in [0.4, 0.5) is 0 Å². The van der Waals surface area contributed by atoms with Crippen molar-refractivity contribution in [3.63, 3.8) is 0 Å². The van der Waals surface area contributed by atoms with Crippen LogP contribution in [0.3, 0.4) is 0 Å². The molecule has 6 nitrogen and oxygen atoms in total. The van der Waals surface area contributed by atoms with Crippen LogP contribution in [0.2, 0.25) is 0 Å². The highest BCUT2D eigenvalue weighted by atomic mass is 16.5. The van der Waals surface area contributed by atoms with E-state index in [0.717, 1.165) is 56.0 Å². The number of rotatable bonds is 4. The summed E-state index contributed by atoms with van der Waals surface area (Å²) < 4.78 is 16.8. The lowest BCUT2D eigenvalue weighted by Gasteiger charge is -2.42. The number of hydrogen-bond acceptors (Lipinski definition) is 5. The van der Waals surface area contributed by atoms with Gasteiger partial charge in [0.25, 0.3) is 5.91 Å². The third-order valence-corrected chi connectivity index (χ3v) is 5.21. The second kappa shape index (κ2) is 7.62. The zero-order valence-corrected chi connectivity index (χ0v) is 15.4. The zero-order chi connectivity index (χ0) is 17.9. The Morgan fingerprint density at radius 1 is 1.20 bits per heavy atom. The molecule has 1 aromatic carbocycles. The Morgan fingerprint density at radius 3 is 2.80 bits per heavy atom. The van der Waals surface area contributed by atoms with Gasteiger partial charge in [0.1, 0.15) is 11.5 Å². The number of benzene rings is 1. The Morgan fingerprint density at radius 2 is 2.04 bits per heavy atom. The van der Waals surface area contributed by atoms with Crippen LogP contribution >= 0.6 is 0 Å². The van der Waals surface area contributed by atoms with Gasteiger partial charge >= 0.3 is 0 Å². The van der Waals surface area contributed by atoms with Gasteiger partial charge in [-0.1, -0.05) is 6.07 Å². The maximum atomic E-state index is 12.9. The Balaban J connectivity index is 1.77. The summed E-state index contributed by atoms with van der Waals surface area (Å²) in [6.07, 6.45) is 2.86. The lowest BCUT2D eigenvalue weighted by molar-refractivity contribution is -0.169. The number of nitrogens with zero attached hydrogens (tertiary/aromatic N) is 2. The van der Waals surface area contributed by atoms with Crippen LogP contribution in [0.25, 0.3) is 0 Å². The third-order valence-electron chi connectivity index (χ3n) is 5.21. The van der Waals surface area contributed by atoms with E-state index < -0.39 is 5.60 Å². The van der Waals surface area contributed by atoms with E-state index in [4.69, 9.17) is 14.2 Å². The van der Waals surface area contributed by atoms with E-state index >= 15 is 0 Å². The first-order chi connectivity index (χ1) is 12.1. The molecule has 0 saturated carbocycles. The molecule has 1 aromatic rings. The molecular formula is C19H28N2O4. The summed E-state index contributed by atoms with van der Waals surface area (Å²) in [7, 11) is 5.20. The van der Waals surface area contributed by atoms with Gasteiger partial charge < -0.3 is 19.1 Å². The van der Waals surface area contributed by atoms with Crippen LogP contribution in [0.15, 0.2) is 18.2 Å². The van der Waals surface area contributed by atoms with Gasteiger partial charge in [-0.3, -0.25) is 9.69 Å². The topological polar surface area (TPSA) is 51.2 Å². The second-order valence-electron chi connectivity index (χ2n) is 6.91. The molecule has 2 heterocycles. The van der Waals surface area contributed by atoms with Gasteiger partial charge in [0.2, 0.25) is 0 Å². The number of carbonyl (C=O) groups excluding carboxylic acids is 1. The number of morpholine rings is 1. The highest BCUT2D eigenvalue weighted by molar-refractivity contribution is 5.85. The van der Waals surface area contributed by atoms with Crippen LogP contribution in [0, 0.1) is 0 Å². The van der Waals surface area contributed by atoms with Crippen molar-refractivity contribution < 1.29 is 19.0 Å². The molecule has 2 fully saturated rings. The van der Waals surface area contributed by atoms with E-state index in [1.54, 1.807) is 14.2 Å². The Hall–Kier alpha value is -1.79. The van der Waals surface area contributed by atoms with Gasteiger partial charge in [0.15, 0.2) is 5.60 Å². The quantitative estimate of drug-likeness (QED) is 0.832. The summed E-state index contributed by atoms with van der Waals surface area (Å²) in [5, 5.41) is 0. The molecule has 2 aliphatic heterocycles. The second-order valence-corrected chi connectivity index (χ2v) is 6.91. The van der Waals surface area contributed by atoms with Crippen molar-refractivity contribution >= 4 is 5.91 Å². The number of likely N-dealkylation sites (tertiary alicyclic amines) is 1. The molecule has 2 saturated heterocycles. The maximum Gasteiger partial charge on any atom is 0.255 e. The summed E-state index contributed by atoms with van der Waals surface area (Å²) in [5.41, 5.74) is 0.401. The molecule has 1 atom stereocenters. The van der Waals surface area contributed by atoms with Crippen molar-refractivity contribution in [1.82, 2.24) is 9.80 Å². The summed E-state index contributed by atoms with van der Waals surface area (Å²) >= 11 is 0. The summed E-state index contributed by atoms with van der Waals surface area (Å²) in [6.45, 7) is 3.57. The predicted molar refractivity (Wildman–Crippen MR) is 95.0 cm³/mol. The van der Waals surface area contributed by atoms with Crippen LogP contribution < -0.4 is 9.47 Å². The summed E-state index contributed by atoms with van der Waals surface area (Å²) in [6, 6.07) is 5.87. The molecule has 0 aliphatic carbocycles. The molecule has 3 rings (SSSR count). The summed E-state index contributed by atoms with van der Waals surface area (Å²) in [5.74, 6) is 1.71. The monoisotopic (exact) mass is 348 g/mol. The van der Waals surface area contributed by atoms with Gasteiger partial charge in [-0.15, -0.1) is 0 Å². The van der Waals surface area contributed by atoms with Crippen molar-refractivity contribution in [3.8, 4) is 11.5 Å². The van der Waals surface area contributed by atoms with Crippen molar-refractivity contribution in [1.29, 1.82) is 0 Å². The first-order valence-electron chi connectivity index (χ1n) is 8.91. The van der Waals surface area contributed by atoms with Gasteiger partial charge in [0.05, 0.1) is 20.8 Å². The molecule has 1 spiro atoms. The Labute approximate surface area is 149 Å². The van der Waals surface area contributed by atoms with Gasteiger partial charge in [-0.2, -0.15) is 0 Å². The molecule has 0 radical (unpaired) electrons. The Kier molecular flexibility index (Phi) is 5.49. The fourth-order valence-corrected chi connectivity index (χ4v) is 3.81. The van der Waals surface area contributed by atoms with E-state index in [2.05, 4.69) is 4.90 Å². The molecule has 2 aliphatic rings. The Bertz CT molecular complexity index is 621. The summed E-state index contributed by atoms with van der Waals surface area (Å²) in [4.78, 5) is 17.0. The normalized spacial score (nSPS) is 25.1. The number of hydrogen-bond donors (Lipinski definition) is 0. The maximum absolute atomic E-state index is 12.9. The average Bonchev–Trinajstić information content (AvgIpc) is 2.76. The largest absolute Gasteiger partial charge is 0.497 e. The van der Waals surface area contributed by atoms with E-state index in [-0.39, 0.29) is 5.91 Å². The fourth-order valence-electron chi connectivity index (χ4n) is 3.81. The molecule has 0 bridgehead atoms. The number of amides is 1. The average molecular weight is 348 g/mol. The molecule has 6 heteroatoms. The molecule has 138 valence electrons. The molecule has 1 amide bonds. The van der Waals surface area contributed by atoms with E-state index in [0.29, 0.717) is 13.2 Å². The third kappa shape index (κ3) is 3.75. The fraction of sp³-hybridized carbons (Fsp3) is 0.632. The molecule has 0 aromatic heterocycles. The van der Waals surface area contributed by atoms with Gasteiger partial charge in [-0.25, -0.2) is 0 Å². The highest BCUT2D eigenvalue weighted by Crippen LogP contribution is 2.31. The predicted octanol–water partition coefficient (Wildman–Crippen LogP) is 1.92. The first-order valence-corrected chi connectivity index (χ1v) is 8.91. The van der Waals surface area contributed by atoms with Crippen LogP contribution in [-0.2, 0) is 16.1 Å². The molecule has 1 unspecified atom stereocenters. The standard InChI is InChI=1S/C19H28N2O4/c1-20-9-5-4-8-19(18(20)22)14-21(10-11-25-19)13-15-6-7-16(23-2)12-17(15)24-3/h6-7,12H,4-5,8-11,13-14H2,1-3H3. The van der Waals surface area contributed by atoms with E-state index in [9.17, 15) is 4.79 Å². The molecule has 0 N–H and O–H groups in total. The van der Waals surface area contributed by atoms with Crippen LogP contribution in [-0.4, -0.2) is 68.8 Å². The van der Waals surface area contributed by atoms with Crippen LogP contribution in [0.1, 0.15) is 24.8 Å². The van der Waals surface area contributed by atoms with Gasteiger partial charge in [-0.05, 0) is 25.3 Å². The van der Waals surface area contributed by atoms with Crippen molar-refractivity contribution in [3.05, 3.63) is 23.8 Å². The number of likely N-dealkylation sites (N-methyl/N-ethyl adjacent to an activating group) is 1. The lowest BCUT2D eigenvalue weighted by Crippen LogP contribution is -2.59. The minimum absolute atomic E-state index is 0.122. The van der Waals surface area contributed by atoms with Crippen LogP contribution in [0.5, 0.6) is 11.5 Å². The van der Waals surface area contributed by atoms with Crippen molar-refractivity contribution in [2.24, 2.45) is 0 Å². The van der Waals surface area contributed by atoms with Crippen molar-refractivity contribution in [2.45, 2.75) is 31.4 Å². The zero-order valence-electron chi connectivity index (χ0n) is 15.4. The number of carbonyl (C=O) groups is 1. The molecule has 25 heavy (non-hydrogen) atoms. The lowest BCUT2D eigenvalue weighted by atomic mass is 9.94. The smallest absolute Gasteiger partial charge is 0.255 e. The number of ether oxygens (including phenoxy) is 3. The molecular weight excluding hydrogens is 320 g/mol. The first kappa shape index (κ1) is 18.0.